The van der Waals surface area contributed by atoms with Gasteiger partial charge in [-0.2, -0.15) is 0 Å². The van der Waals surface area contributed by atoms with Gasteiger partial charge in [-0.25, -0.2) is 0 Å². The second-order valence-electron chi connectivity index (χ2n) is 3.62. The van der Waals surface area contributed by atoms with Crippen LogP contribution in [0, 0.1) is 0 Å². The summed E-state index contributed by atoms with van der Waals surface area (Å²) >= 11 is 4.91. The number of carboxylic acids is 1. The van der Waals surface area contributed by atoms with Gasteiger partial charge in [0, 0.05) is 29.0 Å². The van der Waals surface area contributed by atoms with E-state index < -0.39 is 5.97 Å². The van der Waals surface area contributed by atoms with Gasteiger partial charge in [0.15, 0.2) is 0 Å². The van der Waals surface area contributed by atoms with Gasteiger partial charge >= 0.3 is 5.97 Å². The van der Waals surface area contributed by atoms with Crippen LogP contribution in [-0.2, 0) is 4.79 Å². The molecule has 1 saturated heterocycles. The molecule has 3 nitrogen and oxygen atoms in total. The molecule has 0 aliphatic carbocycles. The molecule has 0 radical (unpaired) electrons. The molecule has 0 spiro atoms. The Hall–Kier alpha value is -0.680. The monoisotopic (exact) mass is 301 g/mol. The Morgan fingerprint density at radius 3 is 2.75 bits per heavy atom. The summed E-state index contributed by atoms with van der Waals surface area (Å²) in [5, 5.41) is 8.68. The Balaban J connectivity index is 2.09. The predicted octanol–water partition coefficient (Wildman–Crippen LogP) is 2.46. The van der Waals surface area contributed by atoms with Crippen molar-refractivity contribution in [3.63, 3.8) is 0 Å². The molecular formula is C11H12BrNO2S. The fraction of sp³-hybridized carbons (Fsp3) is 0.364. The zero-order valence-electron chi connectivity index (χ0n) is 8.60. The van der Waals surface area contributed by atoms with Crippen LogP contribution in [0.2, 0.25) is 0 Å². The minimum Gasteiger partial charge on any atom is -0.480 e. The fourth-order valence-corrected chi connectivity index (χ4v) is 2.99. The van der Waals surface area contributed by atoms with Crippen LogP contribution >= 0.6 is 27.7 Å². The average Bonchev–Trinajstić information content (AvgIpc) is 2.30. The number of aliphatic carboxylic acids is 1. The fourth-order valence-electron chi connectivity index (χ4n) is 1.69. The van der Waals surface area contributed by atoms with Gasteiger partial charge in [-0.1, -0.05) is 15.9 Å². The summed E-state index contributed by atoms with van der Waals surface area (Å²) in [7, 11) is 0. The molecule has 5 heteroatoms. The van der Waals surface area contributed by atoms with Gasteiger partial charge in [-0.15, -0.1) is 11.8 Å². The van der Waals surface area contributed by atoms with E-state index in [1.165, 1.54) is 11.8 Å². The lowest BCUT2D eigenvalue weighted by Gasteiger charge is -2.32. The van der Waals surface area contributed by atoms with E-state index >= 15 is 0 Å². The Kier molecular flexibility index (Phi) is 3.76. The van der Waals surface area contributed by atoms with Crippen LogP contribution in [0.15, 0.2) is 28.7 Å². The number of carbonyl (C=O) groups is 1. The molecular weight excluding hydrogens is 290 g/mol. The molecule has 0 amide bonds. The zero-order valence-corrected chi connectivity index (χ0v) is 11.0. The highest BCUT2D eigenvalue weighted by Gasteiger charge is 2.25. The largest absolute Gasteiger partial charge is 0.480 e. The first-order chi connectivity index (χ1) is 7.66. The third kappa shape index (κ3) is 2.71. The second-order valence-corrected chi connectivity index (χ2v) is 5.85. The molecule has 0 bridgehead atoms. The summed E-state index contributed by atoms with van der Waals surface area (Å²) in [5.74, 6) is 0.152. The van der Waals surface area contributed by atoms with Gasteiger partial charge in [0.1, 0.15) is 5.25 Å². The van der Waals surface area contributed by atoms with E-state index in [0.29, 0.717) is 6.54 Å². The number of anilines is 1. The van der Waals surface area contributed by atoms with Crippen LogP contribution in [0.3, 0.4) is 0 Å². The first-order valence-electron chi connectivity index (χ1n) is 5.02. The Morgan fingerprint density at radius 2 is 2.12 bits per heavy atom. The molecule has 2 rings (SSSR count). The second kappa shape index (κ2) is 5.10. The van der Waals surface area contributed by atoms with Gasteiger partial charge in [0.2, 0.25) is 0 Å². The van der Waals surface area contributed by atoms with E-state index in [9.17, 15) is 4.79 Å². The SMILES string of the molecule is O=C(O)C1CN(c2ccc(Br)cc2)CCS1. The number of halogens is 1. The minimum absolute atomic E-state index is 0.308. The van der Waals surface area contributed by atoms with Crippen molar-refractivity contribution in [3.05, 3.63) is 28.7 Å². The van der Waals surface area contributed by atoms with Crippen LogP contribution in [0.4, 0.5) is 5.69 Å². The predicted molar refractivity (Wildman–Crippen MR) is 70.2 cm³/mol. The molecule has 1 unspecified atom stereocenters. The highest BCUT2D eigenvalue weighted by Crippen LogP contribution is 2.25. The minimum atomic E-state index is -0.716. The quantitative estimate of drug-likeness (QED) is 0.911. The standard InChI is InChI=1S/C11H12BrNO2S/c12-8-1-3-9(4-2-8)13-5-6-16-10(7-13)11(14)15/h1-4,10H,5-7H2,(H,14,15). The van der Waals surface area contributed by atoms with Crippen molar-refractivity contribution < 1.29 is 9.90 Å². The molecule has 1 aliphatic rings. The molecule has 1 N–H and O–H groups in total. The maximum atomic E-state index is 10.9. The van der Waals surface area contributed by atoms with E-state index in [0.717, 1.165) is 22.5 Å². The van der Waals surface area contributed by atoms with Gasteiger partial charge in [0.05, 0.1) is 0 Å². The number of carboxylic acid groups (broad SMARTS) is 1. The Bertz CT molecular complexity index is 382. The van der Waals surface area contributed by atoms with Crippen molar-refractivity contribution in [2.24, 2.45) is 0 Å². The first kappa shape index (κ1) is 11.8. The topological polar surface area (TPSA) is 40.5 Å². The third-order valence-corrected chi connectivity index (χ3v) is 4.23. The number of thioether (sulfide) groups is 1. The van der Waals surface area contributed by atoms with E-state index in [1.54, 1.807) is 0 Å². The molecule has 0 saturated carbocycles. The van der Waals surface area contributed by atoms with Gasteiger partial charge in [0.25, 0.3) is 0 Å². The van der Waals surface area contributed by atoms with Crippen molar-refractivity contribution in [1.29, 1.82) is 0 Å². The summed E-state index contributed by atoms with van der Waals surface area (Å²) in [5.41, 5.74) is 1.09. The summed E-state index contributed by atoms with van der Waals surface area (Å²) in [6.07, 6.45) is 0. The number of rotatable bonds is 2. The van der Waals surface area contributed by atoms with Crippen molar-refractivity contribution in [1.82, 2.24) is 0 Å². The first-order valence-corrected chi connectivity index (χ1v) is 6.86. The van der Waals surface area contributed by atoms with Crippen LogP contribution in [0.5, 0.6) is 0 Å². The molecule has 1 aromatic carbocycles. The number of benzene rings is 1. The average molecular weight is 302 g/mol. The van der Waals surface area contributed by atoms with E-state index in [2.05, 4.69) is 20.8 Å². The van der Waals surface area contributed by atoms with E-state index in [1.807, 2.05) is 24.3 Å². The van der Waals surface area contributed by atoms with Crippen molar-refractivity contribution in [3.8, 4) is 0 Å². The van der Waals surface area contributed by atoms with E-state index in [4.69, 9.17) is 5.11 Å². The third-order valence-electron chi connectivity index (χ3n) is 2.53. The Morgan fingerprint density at radius 1 is 1.44 bits per heavy atom. The van der Waals surface area contributed by atoms with Crippen LogP contribution in [0.1, 0.15) is 0 Å². The molecule has 1 aliphatic heterocycles. The lowest BCUT2D eigenvalue weighted by Crippen LogP contribution is -2.41. The summed E-state index contributed by atoms with van der Waals surface area (Å²) < 4.78 is 1.04. The summed E-state index contributed by atoms with van der Waals surface area (Å²) in [6, 6.07) is 7.98. The van der Waals surface area contributed by atoms with Gasteiger partial charge in [-0.3, -0.25) is 4.79 Å². The van der Waals surface area contributed by atoms with Crippen molar-refractivity contribution >= 4 is 39.3 Å². The van der Waals surface area contributed by atoms with Crippen LogP contribution in [0.25, 0.3) is 0 Å². The highest BCUT2D eigenvalue weighted by molar-refractivity contribution is 9.10. The van der Waals surface area contributed by atoms with Gasteiger partial charge < -0.3 is 10.0 Å². The molecule has 1 atom stereocenters. The number of hydrogen-bond donors (Lipinski definition) is 1. The van der Waals surface area contributed by atoms with Gasteiger partial charge in [-0.05, 0) is 24.3 Å². The highest BCUT2D eigenvalue weighted by atomic mass is 79.9. The smallest absolute Gasteiger partial charge is 0.318 e. The lowest BCUT2D eigenvalue weighted by molar-refractivity contribution is -0.136. The lowest BCUT2D eigenvalue weighted by atomic mass is 10.2. The maximum absolute atomic E-state index is 10.9. The molecule has 1 heterocycles. The Labute approximate surface area is 107 Å². The molecule has 86 valence electrons. The zero-order chi connectivity index (χ0) is 11.5. The molecule has 1 fully saturated rings. The number of nitrogens with zero attached hydrogens (tertiary/aromatic N) is 1. The summed E-state index contributed by atoms with van der Waals surface area (Å²) in [6.45, 7) is 1.50. The molecule has 16 heavy (non-hydrogen) atoms. The summed E-state index contributed by atoms with van der Waals surface area (Å²) in [4.78, 5) is 13.1. The molecule has 1 aromatic rings. The van der Waals surface area contributed by atoms with Crippen molar-refractivity contribution in [2.75, 3.05) is 23.7 Å². The van der Waals surface area contributed by atoms with Crippen LogP contribution in [-0.4, -0.2) is 35.2 Å². The van der Waals surface area contributed by atoms with Crippen LogP contribution < -0.4 is 4.90 Å². The molecule has 0 aromatic heterocycles. The number of hydrogen-bond acceptors (Lipinski definition) is 3. The van der Waals surface area contributed by atoms with Crippen molar-refractivity contribution in [2.45, 2.75) is 5.25 Å². The maximum Gasteiger partial charge on any atom is 0.318 e. The normalized spacial score (nSPS) is 20.8. The van der Waals surface area contributed by atoms with E-state index in [-0.39, 0.29) is 5.25 Å².